The number of pyridine rings is 1. The molecule has 2 aromatic heterocycles. The lowest BCUT2D eigenvalue weighted by atomic mass is 10.1. The van der Waals surface area contributed by atoms with Crippen LogP contribution in [0.4, 0.5) is 5.69 Å². The Labute approximate surface area is 127 Å². The van der Waals surface area contributed by atoms with E-state index in [1.165, 1.54) is 6.33 Å². The third-order valence-electron chi connectivity index (χ3n) is 3.30. The summed E-state index contributed by atoms with van der Waals surface area (Å²) >= 11 is 0. The molecule has 0 bridgehead atoms. The molecule has 0 radical (unpaired) electrons. The normalized spacial score (nSPS) is 10.4. The quantitative estimate of drug-likeness (QED) is 0.800. The molecular weight excluding hydrogens is 278 g/mol. The highest BCUT2D eigenvalue weighted by Crippen LogP contribution is 2.11. The van der Waals surface area contributed by atoms with Crippen LogP contribution in [0.5, 0.6) is 0 Å². The van der Waals surface area contributed by atoms with Crippen molar-refractivity contribution in [1.29, 1.82) is 0 Å². The first-order chi connectivity index (χ1) is 10.7. The number of aryl methyl sites for hydroxylation is 1. The summed E-state index contributed by atoms with van der Waals surface area (Å²) in [5.41, 5.74) is 2.78. The molecule has 0 fully saturated rings. The maximum absolute atomic E-state index is 12.1. The van der Waals surface area contributed by atoms with Crippen molar-refractivity contribution >= 4 is 11.6 Å². The summed E-state index contributed by atoms with van der Waals surface area (Å²) in [7, 11) is 0. The molecule has 0 atom stereocenters. The summed E-state index contributed by atoms with van der Waals surface area (Å²) in [4.78, 5) is 20.2. The monoisotopic (exact) mass is 293 g/mol. The number of carbonyl (C=O) groups is 1. The largest absolute Gasteiger partial charge is 0.324 e. The van der Waals surface area contributed by atoms with Crippen LogP contribution in [0.3, 0.4) is 0 Å². The molecular formula is C16H15N5O. The summed E-state index contributed by atoms with van der Waals surface area (Å²) in [6.45, 7) is 2.00. The standard InChI is InChI=1S/C16H15N5O/c1-12-4-2-3-5-13(12)8-16(22)20-14-6-7-15(18-9-14)21-11-17-10-19-21/h2-7,9-11H,8H2,1H3,(H,20,22). The van der Waals surface area contributed by atoms with Gasteiger partial charge >= 0.3 is 0 Å². The van der Waals surface area contributed by atoms with Gasteiger partial charge in [0.1, 0.15) is 12.7 Å². The van der Waals surface area contributed by atoms with Crippen LogP contribution in [0.1, 0.15) is 11.1 Å². The molecule has 1 amide bonds. The second-order valence-electron chi connectivity index (χ2n) is 4.90. The van der Waals surface area contributed by atoms with Crippen LogP contribution in [-0.4, -0.2) is 25.7 Å². The first-order valence-corrected chi connectivity index (χ1v) is 6.88. The van der Waals surface area contributed by atoms with Gasteiger partial charge in [-0.15, -0.1) is 0 Å². The van der Waals surface area contributed by atoms with E-state index in [9.17, 15) is 4.79 Å². The lowest BCUT2D eigenvalue weighted by Crippen LogP contribution is -2.15. The van der Waals surface area contributed by atoms with Gasteiger partial charge in [0, 0.05) is 0 Å². The Balaban J connectivity index is 1.66. The predicted molar refractivity (Wildman–Crippen MR) is 82.7 cm³/mol. The first kappa shape index (κ1) is 13.9. The molecule has 0 spiro atoms. The summed E-state index contributed by atoms with van der Waals surface area (Å²) in [6.07, 6.45) is 4.96. The number of anilines is 1. The summed E-state index contributed by atoms with van der Waals surface area (Å²) in [5, 5.41) is 6.84. The number of nitrogens with zero attached hydrogens (tertiary/aromatic N) is 4. The van der Waals surface area contributed by atoms with Gasteiger partial charge in [-0.25, -0.2) is 14.6 Å². The van der Waals surface area contributed by atoms with Crippen molar-refractivity contribution in [3.05, 3.63) is 66.4 Å². The molecule has 3 rings (SSSR count). The van der Waals surface area contributed by atoms with E-state index < -0.39 is 0 Å². The van der Waals surface area contributed by atoms with Gasteiger partial charge in [0.25, 0.3) is 0 Å². The van der Waals surface area contributed by atoms with Crippen molar-refractivity contribution in [1.82, 2.24) is 19.7 Å². The SMILES string of the molecule is Cc1ccccc1CC(=O)Nc1ccc(-n2cncn2)nc1. The van der Waals surface area contributed by atoms with Gasteiger partial charge in [0.05, 0.1) is 18.3 Å². The van der Waals surface area contributed by atoms with Crippen molar-refractivity contribution in [2.24, 2.45) is 0 Å². The van der Waals surface area contributed by atoms with E-state index in [0.29, 0.717) is 17.9 Å². The smallest absolute Gasteiger partial charge is 0.228 e. The number of hydrogen-bond acceptors (Lipinski definition) is 4. The lowest BCUT2D eigenvalue weighted by molar-refractivity contribution is -0.115. The number of hydrogen-bond donors (Lipinski definition) is 1. The second kappa shape index (κ2) is 6.17. The number of amides is 1. The van der Waals surface area contributed by atoms with Crippen molar-refractivity contribution in [3.63, 3.8) is 0 Å². The fourth-order valence-corrected chi connectivity index (χ4v) is 2.11. The van der Waals surface area contributed by atoms with E-state index in [2.05, 4.69) is 20.4 Å². The highest BCUT2D eigenvalue weighted by molar-refractivity contribution is 5.92. The number of benzene rings is 1. The minimum absolute atomic E-state index is 0.0652. The van der Waals surface area contributed by atoms with Gasteiger partial charge in [0.15, 0.2) is 5.82 Å². The minimum atomic E-state index is -0.0652. The van der Waals surface area contributed by atoms with Gasteiger partial charge in [-0.2, -0.15) is 5.10 Å². The molecule has 2 heterocycles. The summed E-state index contributed by atoms with van der Waals surface area (Å²) in [5.74, 6) is 0.582. The lowest BCUT2D eigenvalue weighted by Gasteiger charge is -2.07. The molecule has 110 valence electrons. The fraction of sp³-hybridized carbons (Fsp3) is 0.125. The van der Waals surface area contributed by atoms with E-state index in [0.717, 1.165) is 11.1 Å². The first-order valence-electron chi connectivity index (χ1n) is 6.88. The van der Waals surface area contributed by atoms with Crippen molar-refractivity contribution in [2.75, 3.05) is 5.32 Å². The van der Waals surface area contributed by atoms with Gasteiger partial charge in [0.2, 0.25) is 5.91 Å². The Morgan fingerprint density at radius 1 is 1.23 bits per heavy atom. The van der Waals surface area contributed by atoms with Crippen LogP contribution < -0.4 is 5.32 Å². The van der Waals surface area contributed by atoms with Gasteiger partial charge in [-0.05, 0) is 30.2 Å². The topological polar surface area (TPSA) is 72.7 Å². The van der Waals surface area contributed by atoms with E-state index in [1.54, 1.807) is 29.3 Å². The average Bonchev–Trinajstić information content (AvgIpc) is 3.05. The fourth-order valence-electron chi connectivity index (χ4n) is 2.11. The number of nitrogens with one attached hydrogen (secondary N) is 1. The Kier molecular flexibility index (Phi) is 3.91. The highest BCUT2D eigenvalue weighted by Gasteiger charge is 2.07. The minimum Gasteiger partial charge on any atom is -0.324 e. The molecule has 0 aliphatic heterocycles. The molecule has 6 heteroatoms. The van der Waals surface area contributed by atoms with Crippen LogP contribution in [0.2, 0.25) is 0 Å². The second-order valence-corrected chi connectivity index (χ2v) is 4.90. The molecule has 0 aliphatic rings. The van der Waals surface area contributed by atoms with Crippen molar-refractivity contribution < 1.29 is 4.79 Å². The number of aromatic nitrogens is 4. The van der Waals surface area contributed by atoms with Gasteiger partial charge < -0.3 is 5.32 Å². The molecule has 6 nitrogen and oxygen atoms in total. The highest BCUT2D eigenvalue weighted by atomic mass is 16.1. The molecule has 3 aromatic rings. The molecule has 22 heavy (non-hydrogen) atoms. The van der Waals surface area contributed by atoms with Crippen LogP contribution in [0, 0.1) is 6.92 Å². The predicted octanol–water partition coefficient (Wildman–Crippen LogP) is 2.15. The number of rotatable bonds is 4. The van der Waals surface area contributed by atoms with E-state index in [-0.39, 0.29) is 5.91 Å². The molecule has 0 unspecified atom stereocenters. The van der Waals surface area contributed by atoms with Gasteiger partial charge in [-0.1, -0.05) is 24.3 Å². The molecule has 1 aromatic carbocycles. The van der Waals surface area contributed by atoms with Crippen molar-refractivity contribution in [3.8, 4) is 5.82 Å². The summed E-state index contributed by atoms with van der Waals surface area (Å²) < 4.78 is 1.55. The van der Waals surface area contributed by atoms with E-state index in [1.807, 2.05) is 31.2 Å². The zero-order chi connectivity index (χ0) is 15.4. The van der Waals surface area contributed by atoms with Crippen LogP contribution in [0.15, 0.2) is 55.2 Å². The van der Waals surface area contributed by atoms with Crippen LogP contribution in [0.25, 0.3) is 5.82 Å². The Bertz CT molecular complexity index is 765. The average molecular weight is 293 g/mol. The number of carbonyl (C=O) groups excluding carboxylic acids is 1. The third-order valence-corrected chi connectivity index (χ3v) is 3.30. The summed E-state index contributed by atoms with van der Waals surface area (Å²) in [6, 6.07) is 11.4. The Morgan fingerprint density at radius 2 is 2.09 bits per heavy atom. The molecule has 0 saturated carbocycles. The van der Waals surface area contributed by atoms with Crippen LogP contribution >= 0.6 is 0 Å². The maximum atomic E-state index is 12.1. The third kappa shape index (κ3) is 3.17. The zero-order valence-electron chi connectivity index (χ0n) is 12.1. The van der Waals surface area contributed by atoms with Crippen molar-refractivity contribution in [2.45, 2.75) is 13.3 Å². The maximum Gasteiger partial charge on any atom is 0.228 e. The Hall–Kier alpha value is -3.02. The molecule has 0 aliphatic carbocycles. The van der Waals surface area contributed by atoms with E-state index >= 15 is 0 Å². The molecule has 1 N–H and O–H groups in total. The Morgan fingerprint density at radius 3 is 2.77 bits per heavy atom. The van der Waals surface area contributed by atoms with E-state index in [4.69, 9.17) is 0 Å². The molecule has 0 saturated heterocycles. The van der Waals surface area contributed by atoms with Gasteiger partial charge in [-0.3, -0.25) is 4.79 Å². The van der Waals surface area contributed by atoms with Crippen LogP contribution in [-0.2, 0) is 11.2 Å². The zero-order valence-corrected chi connectivity index (χ0v) is 12.1.